The summed E-state index contributed by atoms with van der Waals surface area (Å²) in [6.07, 6.45) is 1.63. The van der Waals surface area contributed by atoms with Crippen LogP contribution in [0, 0.1) is 20.8 Å². The van der Waals surface area contributed by atoms with Gasteiger partial charge in [-0.1, -0.05) is 23.8 Å². The minimum atomic E-state index is -0.189. The van der Waals surface area contributed by atoms with Gasteiger partial charge >= 0.3 is 0 Å². The van der Waals surface area contributed by atoms with Crippen LogP contribution in [-0.4, -0.2) is 17.5 Å². The Morgan fingerprint density at radius 2 is 1.90 bits per heavy atom. The highest BCUT2D eigenvalue weighted by atomic mass is 16.5. The van der Waals surface area contributed by atoms with Crippen molar-refractivity contribution in [2.75, 3.05) is 11.9 Å². The van der Waals surface area contributed by atoms with Gasteiger partial charge in [0.15, 0.2) is 6.61 Å². The Labute approximate surface area is 118 Å². The number of anilines is 1. The van der Waals surface area contributed by atoms with Crippen molar-refractivity contribution in [3.63, 3.8) is 0 Å². The molecule has 0 bridgehead atoms. The largest absolute Gasteiger partial charge is 0.468 e. The fourth-order valence-corrected chi connectivity index (χ4v) is 2.12. The molecule has 0 aliphatic heterocycles. The van der Waals surface area contributed by atoms with E-state index in [0.29, 0.717) is 5.88 Å². The van der Waals surface area contributed by atoms with E-state index in [1.165, 1.54) is 5.56 Å². The van der Waals surface area contributed by atoms with Crippen molar-refractivity contribution in [2.45, 2.75) is 20.8 Å². The molecule has 1 N–H and O–H groups in total. The van der Waals surface area contributed by atoms with E-state index in [2.05, 4.69) is 10.3 Å². The zero-order valence-corrected chi connectivity index (χ0v) is 11.9. The molecule has 20 heavy (non-hydrogen) atoms. The average molecular weight is 270 g/mol. The summed E-state index contributed by atoms with van der Waals surface area (Å²) in [6.45, 7) is 5.95. The molecule has 0 unspecified atom stereocenters. The molecule has 0 spiro atoms. The minimum Gasteiger partial charge on any atom is -0.468 e. The number of amides is 1. The average Bonchev–Trinajstić information content (AvgIpc) is 2.42. The lowest BCUT2D eigenvalue weighted by atomic mass is 10.1. The highest BCUT2D eigenvalue weighted by Gasteiger charge is 2.09. The third-order valence-corrected chi connectivity index (χ3v) is 2.93. The molecule has 0 aliphatic carbocycles. The predicted octanol–water partition coefficient (Wildman–Crippen LogP) is 3.02. The molecule has 1 aromatic heterocycles. The summed E-state index contributed by atoms with van der Waals surface area (Å²) in [4.78, 5) is 15.9. The van der Waals surface area contributed by atoms with Gasteiger partial charge in [-0.3, -0.25) is 4.79 Å². The van der Waals surface area contributed by atoms with Gasteiger partial charge in [0.25, 0.3) is 5.91 Å². The fourth-order valence-electron chi connectivity index (χ4n) is 2.12. The normalized spacial score (nSPS) is 10.2. The van der Waals surface area contributed by atoms with Crippen LogP contribution in [0.2, 0.25) is 0 Å². The quantitative estimate of drug-likeness (QED) is 0.929. The number of pyridine rings is 1. The van der Waals surface area contributed by atoms with E-state index in [0.717, 1.165) is 16.8 Å². The Kier molecular flexibility index (Phi) is 4.35. The maximum absolute atomic E-state index is 11.9. The van der Waals surface area contributed by atoms with Crippen LogP contribution in [0.3, 0.4) is 0 Å². The number of aromatic nitrogens is 1. The zero-order chi connectivity index (χ0) is 14.5. The van der Waals surface area contributed by atoms with Crippen molar-refractivity contribution in [3.8, 4) is 5.88 Å². The molecule has 1 aromatic carbocycles. The van der Waals surface area contributed by atoms with E-state index in [-0.39, 0.29) is 12.5 Å². The van der Waals surface area contributed by atoms with Crippen molar-refractivity contribution >= 4 is 11.6 Å². The molecule has 4 nitrogen and oxygen atoms in total. The molecule has 0 saturated carbocycles. The first-order valence-corrected chi connectivity index (χ1v) is 6.48. The van der Waals surface area contributed by atoms with Crippen LogP contribution < -0.4 is 10.1 Å². The van der Waals surface area contributed by atoms with Gasteiger partial charge in [-0.15, -0.1) is 0 Å². The van der Waals surface area contributed by atoms with Crippen LogP contribution >= 0.6 is 0 Å². The van der Waals surface area contributed by atoms with Gasteiger partial charge in [-0.05, 0) is 38.0 Å². The molecule has 1 heterocycles. The summed E-state index contributed by atoms with van der Waals surface area (Å²) in [5, 5.41) is 2.88. The van der Waals surface area contributed by atoms with Crippen LogP contribution in [0.1, 0.15) is 16.7 Å². The molecule has 0 radical (unpaired) electrons. The molecule has 1 amide bonds. The molecular weight excluding hydrogens is 252 g/mol. The number of aryl methyl sites for hydroxylation is 3. The first-order chi connectivity index (χ1) is 9.56. The molecule has 0 atom stereocenters. The van der Waals surface area contributed by atoms with Gasteiger partial charge in [-0.25, -0.2) is 4.98 Å². The maximum atomic E-state index is 11.9. The highest BCUT2D eigenvalue weighted by Crippen LogP contribution is 2.21. The fraction of sp³-hybridized carbons (Fsp3) is 0.250. The van der Waals surface area contributed by atoms with Gasteiger partial charge in [0.05, 0.1) is 0 Å². The summed E-state index contributed by atoms with van der Waals surface area (Å²) in [6, 6.07) is 9.42. The van der Waals surface area contributed by atoms with Crippen LogP contribution in [0.4, 0.5) is 5.69 Å². The van der Waals surface area contributed by atoms with Crippen molar-refractivity contribution in [1.82, 2.24) is 4.98 Å². The second kappa shape index (κ2) is 6.19. The number of carbonyl (C=O) groups excluding carboxylic acids is 1. The van der Waals surface area contributed by atoms with E-state index in [9.17, 15) is 4.79 Å². The Morgan fingerprint density at radius 1 is 1.20 bits per heavy atom. The highest BCUT2D eigenvalue weighted by molar-refractivity contribution is 5.93. The number of nitrogens with one attached hydrogen (secondary N) is 1. The van der Waals surface area contributed by atoms with E-state index in [1.807, 2.05) is 39.0 Å². The number of rotatable bonds is 4. The molecule has 2 aromatic rings. The number of hydrogen-bond donors (Lipinski definition) is 1. The van der Waals surface area contributed by atoms with Crippen molar-refractivity contribution < 1.29 is 9.53 Å². The number of nitrogens with zero attached hydrogens (tertiary/aromatic N) is 1. The number of ether oxygens (including phenoxy) is 1. The van der Waals surface area contributed by atoms with Crippen molar-refractivity contribution in [3.05, 3.63) is 53.2 Å². The van der Waals surface area contributed by atoms with Crippen molar-refractivity contribution in [1.29, 1.82) is 0 Å². The summed E-state index contributed by atoms with van der Waals surface area (Å²) < 4.78 is 5.32. The van der Waals surface area contributed by atoms with E-state index in [1.54, 1.807) is 18.3 Å². The molecule has 0 fully saturated rings. The van der Waals surface area contributed by atoms with Gasteiger partial charge in [0.2, 0.25) is 5.88 Å². The molecule has 0 aliphatic rings. The van der Waals surface area contributed by atoms with Gasteiger partial charge in [0, 0.05) is 18.0 Å². The summed E-state index contributed by atoms with van der Waals surface area (Å²) in [5.41, 5.74) is 4.13. The predicted molar refractivity (Wildman–Crippen MR) is 79.0 cm³/mol. The Balaban J connectivity index is 1.98. The number of benzene rings is 1. The summed E-state index contributed by atoms with van der Waals surface area (Å²) in [7, 11) is 0. The second-order valence-corrected chi connectivity index (χ2v) is 4.78. The second-order valence-electron chi connectivity index (χ2n) is 4.78. The smallest absolute Gasteiger partial charge is 0.262 e. The molecular formula is C16H18N2O2. The number of carbonyl (C=O) groups is 1. The van der Waals surface area contributed by atoms with Crippen LogP contribution in [0.25, 0.3) is 0 Å². The maximum Gasteiger partial charge on any atom is 0.262 e. The topological polar surface area (TPSA) is 51.2 Å². The summed E-state index contributed by atoms with van der Waals surface area (Å²) >= 11 is 0. The standard InChI is InChI=1S/C16H18N2O2/c1-11-8-12(2)16(13(3)9-11)18-14(19)10-20-15-6-4-5-7-17-15/h4-9H,10H2,1-3H3,(H,18,19). The summed E-state index contributed by atoms with van der Waals surface area (Å²) in [5.74, 6) is 0.255. The minimum absolute atomic E-state index is 0.0518. The molecule has 4 heteroatoms. The third-order valence-electron chi connectivity index (χ3n) is 2.93. The lowest BCUT2D eigenvalue weighted by Gasteiger charge is -2.13. The Bertz CT molecular complexity index is 586. The van der Waals surface area contributed by atoms with Crippen LogP contribution in [0.5, 0.6) is 5.88 Å². The van der Waals surface area contributed by atoms with Gasteiger partial charge < -0.3 is 10.1 Å². The van der Waals surface area contributed by atoms with Gasteiger partial charge in [0.1, 0.15) is 0 Å². The van der Waals surface area contributed by atoms with Crippen LogP contribution in [0.15, 0.2) is 36.5 Å². The molecule has 2 rings (SSSR count). The van der Waals surface area contributed by atoms with Crippen LogP contribution in [-0.2, 0) is 4.79 Å². The lowest BCUT2D eigenvalue weighted by molar-refractivity contribution is -0.118. The van der Waals surface area contributed by atoms with E-state index in [4.69, 9.17) is 4.74 Å². The SMILES string of the molecule is Cc1cc(C)c(NC(=O)COc2ccccn2)c(C)c1. The van der Waals surface area contributed by atoms with Crippen molar-refractivity contribution in [2.24, 2.45) is 0 Å². The van der Waals surface area contributed by atoms with E-state index < -0.39 is 0 Å². The Morgan fingerprint density at radius 3 is 2.50 bits per heavy atom. The first kappa shape index (κ1) is 14.1. The third kappa shape index (κ3) is 3.57. The van der Waals surface area contributed by atoms with Gasteiger partial charge in [-0.2, -0.15) is 0 Å². The molecule has 0 saturated heterocycles. The first-order valence-electron chi connectivity index (χ1n) is 6.48. The monoisotopic (exact) mass is 270 g/mol. The molecule has 104 valence electrons. The Hall–Kier alpha value is -2.36. The van der Waals surface area contributed by atoms with E-state index >= 15 is 0 Å². The zero-order valence-electron chi connectivity index (χ0n) is 11.9. The lowest BCUT2D eigenvalue weighted by Crippen LogP contribution is -2.21. The number of hydrogen-bond acceptors (Lipinski definition) is 3.